The van der Waals surface area contributed by atoms with Crippen molar-refractivity contribution in [2.75, 3.05) is 5.32 Å². The standard InChI is InChI=1S/C10H9F3O2S.C9H14N2O2S/c11-10(12,13)7-1-3-8(4-2-7)16(14,15)9-5-6-9;1-5-6(9(2,3)4)14-7(10-5)11-8(12)13/h1-4,9H,5-6H2;1-4H3,(H,10,11)(H,12,13). The monoisotopic (exact) mass is 464 g/mol. The van der Waals surface area contributed by atoms with E-state index in [2.05, 4.69) is 31.1 Å². The molecule has 11 heteroatoms. The molecular formula is C19H23F3N2O4S2. The largest absolute Gasteiger partial charge is 0.465 e. The molecule has 1 aromatic carbocycles. The van der Waals surface area contributed by atoms with Crippen molar-refractivity contribution in [3.05, 3.63) is 40.4 Å². The second-order valence-corrected chi connectivity index (χ2v) is 11.1. The molecule has 0 bridgehead atoms. The van der Waals surface area contributed by atoms with Gasteiger partial charge in [0.25, 0.3) is 0 Å². The van der Waals surface area contributed by atoms with Crippen LogP contribution in [0.3, 0.4) is 0 Å². The predicted molar refractivity (Wildman–Crippen MR) is 109 cm³/mol. The van der Waals surface area contributed by atoms with E-state index in [-0.39, 0.29) is 10.3 Å². The summed E-state index contributed by atoms with van der Waals surface area (Å²) in [6.07, 6.45) is -4.30. The van der Waals surface area contributed by atoms with Crippen molar-refractivity contribution in [1.29, 1.82) is 0 Å². The molecule has 2 N–H and O–H groups in total. The number of amides is 1. The number of nitrogens with one attached hydrogen (secondary N) is 1. The SMILES string of the molecule is Cc1nc(NC(=O)O)sc1C(C)(C)C.O=S(=O)(c1ccc(C(F)(F)F)cc1)C1CC1. The van der Waals surface area contributed by atoms with Crippen molar-refractivity contribution in [1.82, 2.24) is 4.98 Å². The van der Waals surface area contributed by atoms with Crippen molar-refractivity contribution in [3.63, 3.8) is 0 Å². The van der Waals surface area contributed by atoms with Gasteiger partial charge in [-0.25, -0.2) is 18.2 Å². The molecular weight excluding hydrogens is 441 g/mol. The van der Waals surface area contributed by atoms with Crippen LogP contribution in [0.25, 0.3) is 0 Å². The molecule has 0 spiro atoms. The number of aryl methyl sites for hydroxylation is 1. The number of carboxylic acid groups (broad SMARTS) is 1. The Kier molecular flexibility index (Phi) is 6.87. The first-order valence-corrected chi connectivity index (χ1v) is 11.4. The summed E-state index contributed by atoms with van der Waals surface area (Å²) in [7, 11) is -3.40. The Hall–Kier alpha value is -2.14. The molecule has 1 aliphatic carbocycles. The minimum Gasteiger partial charge on any atom is -0.465 e. The van der Waals surface area contributed by atoms with E-state index < -0.39 is 32.9 Å². The Morgan fingerprint density at radius 3 is 2.07 bits per heavy atom. The van der Waals surface area contributed by atoms with E-state index in [4.69, 9.17) is 5.11 Å². The second-order valence-electron chi connectivity index (χ2n) is 7.88. The highest BCUT2D eigenvalue weighted by Gasteiger charge is 2.37. The molecule has 2 aromatic rings. The van der Waals surface area contributed by atoms with Crippen LogP contribution >= 0.6 is 11.3 Å². The van der Waals surface area contributed by atoms with Crippen LogP contribution in [-0.4, -0.2) is 29.9 Å². The van der Waals surface area contributed by atoms with Crippen LogP contribution in [0.5, 0.6) is 0 Å². The fourth-order valence-corrected chi connectivity index (χ4v) is 5.31. The number of hydrogen-bond donors (Lipinski definition) is 2. The van der Waals surface area contributed by atoms with E-state index in [0.717, 1.165) is 34.8 Å². The number of benzene rings is 1. The van der Waals surface area contributed by atoms with Crippen molar-refractivity contribution in [2.24, 2.45) is 0 Å². The Balaban J connectivity index is 0.000000216. The maximum atomic E-state index is 12.2. The van der Waals surface area contributed by atoms with E-state index in [1.807, 2.05) is 6.92 Å². The highest BCUT2D eigenvalue weighted by atomic mass is 32.2. The molecule has 1 saturated carbocycles. The summed E-state index contributed by atoms with van der Waals surface area (Å²) in [5, 5.41) is 10.8. The minimum atomic E-state index is -4.43. The van der Waals surface area contributed by atoms with Crippen molar-refractivity contribution in [2.45, 2.75) is 62.3 Å². The lowest BCUT2D eigenvalue weighted by Gasteiger charge is -2.16. The Morgan fingerprint density at radius 1 is 1.17 bits per heavy atom. The van der Waals surface area contributed by atoms with E-state index in [1.165, 1.54) is 11.3 Å². The van der Waals surface area contributed by atoms with Gasteiger partial charge in [-0.2, -0.15) is 13.2 Å². The van der Waals surface area contributed by atoms with Crippen molar-refractivity contribution in [3.8, 4) is 0 Å². The van der Waals surface area contributed by atoms with E-state index in [0.29, 0.717) is 18.0 Å². The number of anilines is 1. The maximum absolute atomic E-state index is 12.2. The molecule has 166 valence electrons. The van der Waals surface area contributed by atoms with Gasteiger partial charge in [-0.1, -0.05) is 20.8 Å². The van der Waals surface area contributed by atoms with Crippen molar-refractivity contribution < 1.29 is 31.5 Å². The summed E-state index contributed by atoms with van der Waals surface area (Å²) in [5.41, 5.74) is 0.0775. The topological polar surface area (TPSA) is 96.4 Å². The molecule has 1 aromatic heterocycles. The number of thiazole rings is 1. The lowest BCUT2D eigenvalue weighted by atomic mass is 9.94. The molecule has 0 aliphatic heterocycles. The molecule has 0 radical (unpaired) electrons. The van der Waals surface area contributed by atoms with Gasteiger partial charge in [-0.05, 0) is 49.4 Å². The molecule has 30 heavy (non-hydrogen) atoms. The molecule has 3 rings (SSSR count). The van der Waals surface area contributed by atoms with Gasteiger partial charge in [0.05, 0.1) is 21.4 Å². The third kappa shape index (κ3) is 6.18. The number of carbonyl (C=O) groups is 1. The first kappa shape index (κ1) is 24.1. The smallest absolute Gasteiger partial charge is 0.416 e. The van der Waals surface area contributed by atoms with E-state index >= 15 is 0 Å². The molecule has 1 heterocycles. The average Bonchev–Trinajstić information content (AvgIpc) is 3.38. The van der Waals surface area contributed by atoms with Gasteiger partial charge in [-0.15, -0.1) is 11.3 Å². The first-order valence-electron chi connectivity index (χ1n) is 9.01. The van der Waals surface area contributed by atoms with Gasteiger partial charge in [0.2, 0.25) is 0 Å². The second kappa shape index (κ2) is 8.54. The number of alkyl halides is 3. The van der Waals surface area contributed by atoms with Gasteiger partial charge in [0, 0.05) is 4.88 Å². The van der Waals surface area contributed by atoms with E-state index in [9.17, 15) is 26.4 Å². The maximum Gasteiger partial charge on any atom is 0.416 e. The van der Waals surface area contributed by atoms with Crippen LogP contribution in [-0.2, 0) is 21.4 Å². The summed E-state index contributed by atoms with van der Waals surface area (Å²) in [6.45, 7) is 8.14. The predicted octanol–water partition coefficient (Wildman–Crippen LogP) is 5.48. The summed E-state index contributed by atoms with van der Waals surface area (Å²) >= 11 is 1.39. The molecule has 1 amide bonds. The molecule has 1 fully saturated rings. The Morgan fingerprint density at radius 2 is 1.70 bits per heavy atom. The van der Waals surface area contributed by atoms with Gasteiger partial charge in [-0.3, -0.25) is 5.32 Å². The zero-order valence-corrected chi connectivity index (χ0v) is 18.5. The van der Waals surface area contributed by atoms with Crippen LogP contribution in [0, 0.1) is 6.92 Å². The zero-order valence-electron chi connectivity index (χ0n) is 16.9. The lowest BCUT2D eigenvalue weighted by molar-refractivity contribution is -0.137. The van der Waals surface area contributed by atoms with Gasteiger partial charge < -0.3 is 5.11 Å². The lowest BCUT2D eigenvalue weighted by Crippen LogP contribution is -2.10. The van der Waals surface area contributed by atoms with Gasteiger partial charge in [0.15, 0.2) is 15.0 Å². The minimum absolute atomic E-state index is 0.0141. The number of nitrogens with zero attached hydrogens (tertiary/aromatic N) is 1. The quantitative estimate of drug-likeness (QED) is 0.627. The Labute approximate surface area is 177 Å². The molecule has 6 nitrogen and oxygen atoms in total. The summed E-state index contributed by atoms with van der Waals surface area (Å²) in [6, 6.07) is 3.65. The van der Waals surface area contributed by atoms with Gasteiger partial charge >= 0.3 is 12.3 Å². The molecule has 1 aliphatic rings. The van der Waals surface area contributed by atoms with Crippen LogP contribution in [0.15, 0.2) is 29.2 Å². The van der Waals surface area contributed by atoms with Gasteiger partial charge in [0.1, 0.15) is 0 Å². The Bertz CT molecular complexity index is 1000. The van der Waals surface area contributed by atoms with Crippen LogP contribution in [0.2, 0.25) is 0 Å². The average molecular weight is 465 g/mol. The summed E-state index contributed by atoms with van der Waals surface area (Å²) in [5.74, 6) is 0. The molecule has 0 atom stereocenters. The molecule has 0 unspecified atom stereocenters. The number of halogens is 3. The first-order chi connectivity index (χ1) is 13.6. The summed E-state index contributed by atoms with van der Waals surface area (Å²) in [4.78, 5) is 15.6. The zero-order chi connectivity index (χ0) is 22.9. The number of sulfone groups is 1. The van der Waals surface area contributed by atoms with E-state index in [1.54, 1.807) is 0 Å². The highest BCUT2D eigenvalue weighted by Crippen LogP contribution is 2.35. The van der Waals surface area contributed by atoms with Crippen LogP contribution < -0.4 is 5.32 Å². The number of hydrogen-bond acceptors (Lipinski definition) is 5. The number of aromatic nitrogens is 1. The van der Waals surface area contributed by atoms with Crippen LogP contribution in [0.4, 0.5) is 23.1 Å². The third-order valence-corrected chi connectivity index (χ3v) is 7.94. The number of rotatable bonds is 3. The summed E-state index contributed by atoms with van der Waals surface area (Å²) < 4.78 is 60.1. The third-order valence-electron chi connectivity index (χ3n) is 4.17. The van der Waals surface area contributed by atoms with Crippen molar-refractivity contribution >= 4 is 32.4 Å². The molecule has 0 saturated heterocycles. The fraction of sp³-hybridized carbons (Fsp3) is 0.474. The highest BCUT2D eigenvalue weighted by molar-refractivity contribution is 7.92. The normalized spacial score (nSPS) is 14.6. The van der Waals surface area contributed by atoms with Crippen LogP contribution in [0.1, 0.15) is 49.7 Å². The fourth-order valence-electron chi connectivity index (χ4n) is 2.64.